The third kappa shape index (κ3) is 2.82. The molecule has 0 saturated carbocycles. The van der Waals surface area contributed by atoms with Crippen LogP contribution in [-0.2, 0) is 5.75 Å². The summed E-state index contributed by atoms with van der Waals surface area (Å²) in [5, 5.41) is 4.02. The standard InChI is InChI=1S/C14H12N2O2S/c15-10-3-5-12(6-4-10)19-9-11-8-14(18-16-11)13-2-1-7-17-13/h1-8H,9,15H2. The second kappa shape index (κ2) is 5.24. The molecule has 2 heterocycles. The number of thioether (sulfide) groups is 1. The van der Waals surface area contributed by atoms with Crippen LogP contribution in [0, 0.1) is 0 Å². The lowest BCUT2D eigenvalue weighted by Gasteiger charge is -1.98. The molecule has 0 bridgehead atoms. The van der Waals surface area contributed by atoms with Crippen molar-refractivity contribution >= 4 is 17.4 Å². The summed E-state index contributed by atoms with van der Waals surface area (Å²) in [4.78, 5) is 1.15. The average molecular weight is 272 g/mol. The Balaban J connectivity index is 1.66. The Kier molecular flexibility index (Phi) is 3.29. The number of benzene rings is 1. The lowest BCUT2D eigenvalue weighted by atomic mass is 10.3. The lowest BCUT2D eigenvalue weighted by molar-refractivity contribution is 0.413. The van der Waals surface area contributed by atoms with E-state index in [9.17, 15) is 0 Å². The highest BCUT2D eigenvalue weighted by atomic mass is 32.2. The molecule has 0 aliphatic heterocycles. The Morgan fingerprint density at radius 3 is 2.68 bits per heavy atom. The highest BCUT2D eigenvalue weighted by Gasteiger charge is 2.09. The quantitative estimate of drug-likeness (QED) is 0.578. The Bertz CT molecular complexity index is 644. The van der Waals surface area contributed by atoms with E-state index < -0.39 is 0 Å². The first-order chi connectivity index (χ1) is 9.31. The smallest absolute Gasteiger partial charge is 0.202 e. The van der Waals surface area contributed by atoms with Crippen LogP contribution in [0.4, 0.5) is 5.69 Å². The molecule has 0 radical (unpaired) electrons. The summed E-state index contributed by atoms with van der Waals surface area (Å²) in [6.45, 7) is 0. The molecule has 0 unspecified atom stereocenters. The van der Waals surface area contributed by atoms with Crippen LogP contribution >= 0.6 is 11.8 Å². The molecule has 96 valence electrons. The van der Waals surface area contributed by atoms with Crippen molar-refractivity contribution in [1.82, 2.24) is 5.16 Å². The Hall–Kier alpha value is -2.14. The van der Waals surface area contributed by atoms with Gasteiger partial charge in [-0.05, 0) is 36.4 Å². The van der Waals surface area contributed by atoms with E-state index in [1.54, 1.807) is 18.0 Å². The minimum absolute atomic E-state index is 0.651. The number of nitrogen functional groups attached to an aromatic ring is 1. The predicted molar refractivity (Wildman–Crippen MR) is 74.6 cm³/mol. The molecule has 19 heavy (non-hydrogen) atoms. The van der Waals surface area contributed by atoms with Gasteiger partial charge in [0.15, 0.2) is 5.76 Å². The van der Waals surface area contributed by atoms with Gasteiger partial charge in [-0.3, -0.25) is 0 Å². The normalized spacial score (nSPS) is 10.7. The van der Waals surface area contributed by atoms with Crippen LogP contribution < -0.4 is 5.73 Å². The molecule has 2 N–H and O–H groups in total. The van der Waals surface area contributed by atoms with Crippen molar-refractivity contribution in [3.8, 4) is 11.5 Å². The van der Waals surface area contributed by atoms with E-state index in [4.69, 9.17) is 14.7 Å². The summed E-state index contributed by atoms with van der Waals surface area (Å²) >= 11 is 1.68. The molecule has 0 fully saturated rings. The van der Waals surface area contributed by atoms with Gasteiger partial charge in [0.05, 0.1) is 12.0 Å². The van der Waals surface area contributed by atoms with Crippen LogP contribution in [0.15, 0.2) is 62.6 Å². The molecule has 3 rings (SSSR count). The van der Waals surface area contributed by atoms with Crippen molar-refractivity contribution in [2.75, 3.05) is 5.73 Å². The monoisotopic (exact) mass is 272 g/mol. The minimum atomic E-state index is 0.651. The highest BCUT2D eigenvalue weighted by molar-refractivity contribution is 7.98. The zero-order valence-corrected chi connectivity index (χ0v) is 10.9. The first kappa shape index (κ1) is 11.9. The summed E-state index contributed by atoms with van der Waals surface area (Å²) in [6.07, 6.45) is 1.61. The summed E-state index contributed by atoms with van der Waals surface area (Å²) in [5.41, 5.74) is 7.30. The number of rotatable bonds is 4. The lowest BCUT2D eigenvalue weighted by Crippen LogP contribution is -1.83. The van der Waals surface area contributed by atoms with E-state index in [-0.39, 0.29) is 0 Å². The third-order valence-electron chi connectivity index (χ3n) is 2.59. The first-order valence-electron chi connectivity index (χ1n) is 5.79. The van der Waals surface area contributed by atoms with Gasteiger partial charge in [0.1, 0.15) is 0 Å². The van der Waals surface area contributed by atoms with Gasteiger partial charge in [-0.1, -0.05) is 5.16 Å². The molecule has 4 nitrogen and oxygen atoms in total. The van der Waals surface area contributed by atoms with Gasteiger partial charge in [0.2, 0.25) is 5.76 Å². The average Bonchev–Trinajstić information content (AvgIpc) is 3.09. The SMILES string of the molecule is Nc1ccc(SCc2cc(-c3ccco3)on2)cc1. The van der Waals surface area contributed by atoms with E-state index in [0.717, 1.165) is 22.0 Å². The maximum atomic E-state index is 5.64. The molecule has 0 aliphatic carbocycles. The largest absolute Gasteiger partial charge is 0.461 e. The molecular weight excluding hydrogens is 260 g/mol. The predicted octanol–water partition coefficient (Wildman–Crippen LogP) is 3.81. The van der Waals surface area contributed by atoms with Crippen LogP contribution in [0.1, 0.15) is 5.69 Å². The molecular formula is C14H12N2O2S. The molecule has 2 aromatic heterocycles. The summed E-state index contributed by atoms with van der Waals surface area (Å²) in [5.74, 6) is 2.09. The molecule has 0 spiro atoms. The molecule has 0 aliphatic rings. The number of hydrogen-bond donors (Lipinski definition) is 1. The van der Waals surface area contributed by atoms with Gasteiger partial charge >= 0.3 is 0 Å². The molecule has 1 aromatic carbocycles. The van der Waals surface area contributed by atoms with Crippen molar-refractivity contribution in [2.45, 2.75) is 10.6 Å². The van der Waals surface area contributed by atoms with Crippen LogP contribution in [0.25, 0.3) is 11.5 Å². The molecule has 0 saturated heterocycles. The zero-order chi connectivity index (χ0) is 13.1. The molecule has 3 aromatic rings. The maximum Gasteiger partial charge on any atom is 0.202 e. The van der Waals surface area contributed by atoms with Crippen LogP contribution in [0.5, 0.6) is 0 Å². The van der Waals surface area contributed by atoms with E-state index in [2.05, 4.69) is 5.16 Å². The van der Waals surface area contributed by atoms with Crippen molar-refractivity contribution < 1.29 is 8.94 Å². The fourth-order valence-electron chi connectivity index (χ4n) is 1.64. The van der Waals surface area contributed by atoms with Crippen LogP contribution in [0.2, 0.25) is 0 Å². The van der Waals surface area contributed by atoms with Crippen LogP contribution in [0.3, 0.4) is 0 Å². The van der Waals surface area contributed by atoms with E-state index >= 15 is 0 Å². The highest BCUT2D eigenvalue weighted by Crippen LogP contribution is 2.26. The summed E-state index contributed by atoms with van der Waals surface area (Å²) in [7, 11) is 0. The number of nitrogens with two attached hydrogens (primary N) is 1. The Labute approximate surface area is 114 Å². The zero-order valence-electron chi connectivity index (χ0n) is 10.1. The number of furan rings is 1. The van der Waals surface area contributed by atoms with Crippen LogP contribution in [-0.4, -0.2) is 5.16 Å². The second-order valence-corrected chi connectivity index (χ2v) is 5.07. The van der Waals surface area contributed by atoms with Gasteiger partial charge in [-0.25, -0.2) is 0 Å². The van der Waals surface area contributed by atoms with Crippen molar-refractivity contribution in [3.05, 3.63) is 54.4 Å². The van der Waals surface area contributed by atoms with Gasteiger partial charge in [-0.2, -0.15) is 0 Å². The first-order valence-corrected chi connectivity index (χ1v) is 6.77. The number of anilines is 1. The second-order valence-electron chi connectivity index (χ2n) is 4.02. The summed E-state index contributed by atoms with van der Waals surface area (Å²) in [6, 6.07) is 13.3. The van der Waals surface area contributed by atoms with Gasteiger partial charge in [-0.15, -0.1) is 11.8 Å². The van der Waals surface area contributed by atoms with Gasteiger partial charge < -0.3 is 14.7 Å². The Morgan fingerprint density at radius 1 is 1.11 bits per heavy atom. The van der Waals surface area contributed by atoms with Crippen molar-refractivity contribution in [1.29, 1.82) is 0 Å². The number of aromatic nitrogens is 1. The molecule has 5 heteroatoms. The fraction of sp³-hybridized carbons (Fsp3) is 0.0714. The van der Waals surface area contributed by atoms with Crippen molar-refractivity contribution in [2.24, 2.45) is 0 Å². The van der Waals surface area contributed by atoms with E-state index in [1.165, 1.54) is 0 Å². The minimum Gasteiger partial charge on any atom is -0.461 e. The third-order valence-corrected chi connectivity index (χ3v) is 3.64. The number of nitrogens with zero attached hydrogens (tertiary/aromatic N) is 1. The molecule has 0 atom stereocenters. The van der Waals surface area contributed by atoms with E-state index in [1.807, 2.05) is 42.5 Å². The van der Waals surface area contributed by atoms with E-state index in [0.29, 0.717) is 11.5 Å². The Morgan fingerprint density at radius 2 is 1.95 bits per heavy atom. The molecule has 0 amide bonds. The van der Waals surface area contributed by atoms with Gasteiger partial charge in [0.25, 0.3) is 0 Å². The van der Waals surface area contributed by atoms with Crippen molar-refractivity contribution in [3.63, 3.8) is 0 Å². The maximum absolute atomic E-state index is 5.64. The summed E-state index contributed by atoms with van der Waals surface area (Å²) < 4.78 is 10.5. The number of hydrogen-bond acceptors (Lipinski definition) is 5. The fourth-order valence-corrected chi connectivity index (χ4v) is 2.42. The van der Waals surface area contributed by atoms with Gasteiger partial charge in [0, 0.05) is 22.4 Å². The topological polar surface area (TPSA) is 65.2 Å².